The number of hydrogen-bond acceptors (Lipinski definition) is 4. The molecule has 0 radical (unpaired) electrons. The lowest BCUT2D eigenvalue weighted by atomic mass is 9.82. The number of rotatable bonds is 10. The predicted octanol–water partition coefficient (Wildman–Crippen LogP) is 11.2. The van der Waals surface area contributed by atoms with Crippen molar-refractivity contribution in [1.29, 1.82) is 0 Å². The molecule has 276 valence electrons. The van der Waals surface area contributed by atoms with E-state index in [-0.39, 0.29) is 18.1 Å². The lowest BCUT2D eigenvalue weighted by Gasteiger charge is -2.31. The molecule has 0 bridgehead atoms. The van der Waals surface area contributed by atoms with Gasteiger partial charge in [0, 0.05) is 41.7 Å². The topological polar surface area (TPSA) is 51.7 Å². The number of anilines is 2. The van der Waals surface area contributed by atoms with Gasteiger partial charge in [0.05, 0.1) is 18.3 Å². The van der Waals surface area contributed by atoms with Crippen LogP contribution in [0, 0.1) is 0 Å². The highest BCUT2D eigenvalue weighted by Crippen LogP contribution is 2.53. The van der Waals surface area contributed by atoms with Crippen LogP contribution in [0.3, 0.4) is 0 Å². The van der Waals surface area contributed by atoms with Crippen LogP contribution in [0.5, 0.6) is 0 Å². The first-order chi connectivity index (χ1) is 27.7. The molecule has 0 aliphatic carbocycles. The molecule has 3 atom stereocenters. The SMILES string of the molecule is CNC(c1ccccc1)N(C)C(=NCc1ccc(-c2ccc(CC3c4c(c5c(c6ccccc46)NCC=C5)N[C@@H]3c3ccccc3)cc2)cc1)c1ccccc1. The van der Waals surface area contributed by atoms with Crippen molar-refractivity contribution in [1.82, 2.24) is 10.2 Å². The molecule has 7 aromatic rings. The smallest absolute Gasteiger partial charge is 0.132 e. The van der Waals surface area contributed by atoms with E-state index in [1.807, 2.05) is 7.05 Å². The van der Waals surface area contributed by atoms with Crippen LogP contribution in [-0.4, -0.2) is 31.4 Å². The Morgan fingerprint density at radius 1 is 0.696 bits per heavy atom. The molecule has 9 rings (SSSR count). The van der Waals surface area contributed by atoms with E-state index in [9.17, 15) is 0 Å². The van der Waals surface area contributed by atoms with Crippen LogP contribution >= 0.6 is 0 Å². The fraction of sp³-hybridized carbons (Fsp3) is 0.157. The number of aliphatic imine (C=N–C) groups is 1. The van der Waals surface area contributed by atoms with E-state index in [1.54, 1.807) is 0 Å². The second-order valence-corrected chi connectivity index (χ2v) is 14.9. The van der Waals surface area contributed by atoms with E-state index >= 15 is 0 Å². The average molecular weight is 730 g/mol. The molecule has 5 nitrogen and oxygen atoms in total. The lowest BCUT2D eigenvalue weighted by Crippen LogP contribution is -2.38. The summed E-state index contributed by atoms with van der Waals surface area (Å²) in [6.07, 6.45) is 5.46. The molecule has 0 amide bonds. The Bertz CT molecular complexity index is 2490. The summed E-state index contributed by atoms with van der Waals surface area (Å²) < 4.78 is 0. The molecule has 0 aromatic heterocycles. The van der Waals surface area contributed by atoms with Crippen LogP contribution in [0.2, 0.25) is 0 Å². The molecule has 3 N–H and O–H groups in total. The van der Waals surface area contributed by atoms with Crippen molar-refractivity contribution in [2.24, 2.45) is 4.99 Å². The highest BCUT2D eigenvalue weighted by Gasteiger charge is 2.37. The molecule has 5 heteroatoms. The predicted molar refractivity (Wildman–Crippen MR) is 235 cm³/mol. The first kappa shape index (κ1) is 35.3. The van der Waals surface area contributed by atoms with Gasteiger partial charge in [0.1, 0.15) is 12.0 Å². The maximum Gasteiger partial charge on any atom is 0.132 e. The molecule has 0 spiro atoms. The van der Waals surface area contributed by atoms with Crippen LogP contribution < -0.4 is 16.0 Å². The van der Waals surface area contributed by atoms with Crippen molar-refractivity contribution in [3.05, 3.63) is 209 Å². The molecule has 2 heterocycles. The molecule has 0 fully saturated rings. The molecule has 56 heavy (non-hydrogen) atoms. The Morgan fingerprint density at radius 2 is 1.30 bits per heavy atom. The zero-order chi connectivity index (χ0) is 37.8. The summed E-state index contributed by atoms with van der Waals surface area (Å²) in [5.41, 5.74) is 13.7. The highest BCUT2D eigenvalue weighted by molar-refractivity contribution is 6.07. The van der Waals surface area contributed by atoms with Crippen LogP contribution in [0.4, 0.5) is 11.4 Å². The van der Waals surface area contributed by atoms with Crippen molar-refractivity contribution < 1.29 is 0 Å². The summed E-state index contributed by atoms with van der Waals surface area (Å²) in [6.45, 7) is 1.44. The van der Waals surface area contributed by atoms with E-state index in [0.29, 0.717) is 6.54 Å². The van der Waals surface area contributed by atoms with Gasteiger partial charge >= 0.3 is 0 Å². The number of benzene rings is 7. The van der Waals surface area contributed by atoms with Gasteiger partial charge in [-0.05, 0) is 57.8 Å². The number of nitrogens with zero attached hydrogens (tertiary/aromatic N) is 2. The van der Waals surface area contributed by atoms with Gasteiger partial charge in [0.15, 0.2) is 0 Å². The van der Waals surface area contributed by atoms with Gasteiger partial charge in [-0.15, -0.1) is 0 Å². The van der Waals surface area contributed by atoms with E-state index in [2.05, 4.69) is 204 Å². The molecule has 2 aliphatic heterocycles. The summed E-state index contributed by atoms with van der Waals surface area (Å²) >= 11 is 0. The maximum absolute atomic E-state index is 5.20. The van der Waals surface area contributed by atoms with Gasteiger partial charge in [-0.2, -0.15) is 0 Å². The number of hydrogen-bond donors (Lipinski definition) is 3. The van der Waals surface area contributed by atoms with Crippen molar-refractivity contribution >= 4 is 34.1 Å². The quantitative estimate of drug-likeness (QED) is 0.0745. The normalized spacial score (nSPS) is 16.4. The van der Waals surface area contributed by atoms with Crippen molar-refractivity contribution in [2.45, 2.75) is 31.1 Å². The van der Waals surface area contributed by atoms with Gasteiger partial charge in [0.25, 0.3) is 0 Å². The Labute approximate surface area is 330 Å². The maximum atomic E-state index is 5.20. The van der Waals surface area contributed by atoms with E-state index < -0.39 is 0 Å². The monoisotopic (exact) mass is 729 g/mol. The summed E-state index contributed by atoms with van der Waals surface area (Å²) in [5, 5.41) is 13.8. The van der Waals surface area contributed by atoms with Gasteiger partial charge in [-0.3, -0.25) is 10.3 Å². The summed E-state index contributed by atoms with van der Waals surface area (Å²) in [5.74, 6) is 1.23. The average Bonchev–Trinajstić information content (AvgIpc) is 3.65. The third-order valence-electron chi connectivity index (χ3n) is 11.5. The van der Waals surface area contributed by atoms with Gasteiger partial charge < -0.3 is 15.5 Å². The molecule has 2 aliphatic rings. The van der Waals surface area contributed by atoms with Gasteiger partial charge in [0.2, 0.25) is 0 Å². The standard InChI is InChI=1S/C51H47N5/c1-52-50(40-17-8-4-9-18-40)56(2)51(41-19-10-5-11-20-41)54-34-36-26-30-38(31-27-36)37-28-24-35(25-29-37)33-45-46-42-21-12-13-22-43(42)48-44(23-14-32-53-48)49(46)55-47(45)39-15-6-3-7-16-39/h3-31,45,47,50,52-53,55H,32-34H2,1-2H3/t45?,47-,50?/m1/s1. The summed E-state index contributed by atoms with van der Waals surface area (Å²) in [7, 11) is 4.11. The Balaban J connectivity index is 0.968. The van der Waals surface area contributed by atoms with Crippen molar-refractivity contribution in [3.63, 3.8) is 0 Å². The summed E-state index contributed by atoms with van der Waals surface area (Å²) in [6, 6.07) is 59.1. The van der Waals surface area contributed by atoms with Crippen LogP contribution in [0.1, 0.15) is 57.1 Å². The number of nitrogens with one attached hydrogen (secondary N) is 3. The minimum Gasteiger partial charge on any atom is -0.381 e. The van der Waals surface area contributed by atoms with E-state index in [1.165, 1.54) is 66.7 Å². The number of amidine groups is 1. The molecule has 0 saturated heterocycles. The Hall–Kier alpha value is -6.43. The van der Waals surface area contributed by atoms with Crippen LogP contribution in [0.15, 0.2) is 175 Å². The molecule has 7 aromatic carbocycles. The fourth-order valence-electron chi connectivity index (χ4n) is 8.73. The third-order valence-corrected chi connectivity index (χ3v) is 11.5. The van der Waals surface area contributed by atoms with Crippen molar-refractivity contribution in [2.75, 3.05) is 31.3 Å². The van der Waals surface area contributed by atoms with Gasteiger partial charge in [-0.25, -0.2) is 0 Å². The minimum atomic E-state index is -0.0106. The minimum absolute atomic E-state index is 0.0106. The molecule has 0 saturated carbocycles. The van der Waals surface area contributed by atoms with Crippen LogP contribution in [-0.2, 0) is 13.0 Å². The highest BCUT2D eigenvalue weighted by atomic mass is 15.3. The van der Waals surface area contributed by atoms with Crippen LogP contribution in [0.25, 0.3) is 28.0 Å². The Morgan fingerprint density at radius 3 is 1.98 bits per heavy atom. The zero-order valence-corrected chi connectivity index (χ0v) is 32.0. The van der Waals surface area contributed by atoms with E-state index in [4.69, 9.17) is 4.99 Å². The first-order valence-corrected chi connectivity index (χ1v) is 19.7. The number of fused-ring (bicyclic) bond motifs is 6. The first-order valence-electron chi connectivity index (χ1n) is 19.7. The second-order valence-electron chi connectivity index (χ2n) is 14.9. The largest absolute Gasteiger partial charge is 0.381 e. The van der Waals surface area contributed by atoms with E-state index in [0.717, 1.165) is 24.4 Å². The molecule has 2 unspecified atom stereocenters. The van der Waals surface area contributed by atoms with Crippen molar-refractivity contribution in [3.8, 4) is 11.1 Å². The Kier molecular flexibility index (Phi) is 9.92. The third kappa shape index (κ3) is 6.87. The fourth-order valence-corrected chi connectivity index (χ4v) is 8.73. The lowest BCUT2D eigenvalue weighted by molar-refractivity contribution is 0.331. The zero-order valence-electron chi connectivity index (χ0n) is 32.0. The second kappa shape index (κ2) is 15.7. The summed E-state index contributed by atoms with van der Waals surface area (Å²) in [4.78, 5) is 7.43. The molecular formula is C51H47N5. The molecular weight excluding hydrogens is 683 g/mol. The van der Waals surface area contributed by atoms with Gasteiger partial charge in [-0.1, -0.05) is 176 Å².